The van der Waals surface area contributed by atoms with Gasteiger partial charge in [-0.05, 0) is 60.9 Å². The fraction of sp³-hybridized carbons (Fsp3) is 0.400. The molecule has 1 aliphatic heterocycles. The second kappa shape index (κ2) is 8.89. The van der Waals surface area contributed by atoms with E-state index in [-0.39, 0.29) is 29.7 Å². The van der Waals surface area contributed by atoms with Gasteiger partial charge < -0.3 is 16.0 Å². The SMILES string of the molecule is CC1CC(C)(C)CC2(C1)NC(=O)N(CC(=O)Nc1cccc(NC(=O)c3cccnc3)c1)C2=O. The van der Waals surface area contributed by atoms with E-state index in [9.17, 15) is 19.2 Å². The van der Waals surface area contributed by atoms with Gasteiger partial charge in [0.1, 0.15) is 12.1 Å². The molecule has 4 rings (SSSR count). The fourth-order valence-corrected chi connectivity index (χ4v) is 5.37. The van der Waals surface area contributed by atoms with E-state index in [1.807, 2.05) is 0 Å². The van der Waals surface area contributed by atoms with Crippen LogP contribution in [0.4, 0.5) is 16.2 Å². The molecule has 0 bridgehead atoms. The van der Waals surface area contributed by atoms with Crippen LogP contribution in [0.15, 0.2) is 48.8 Å². The number of anilines is 2. The molecular formula is C25H29N5O4. The van der Waals surface area contributed by atoms with Crippen LogP contribution in [0.2, 0.25) is 0 Å². The Bertz CT molecular complexity index is 1130. The lowest BCUT2D eigenvalue weighted by Crippen LogP contribution is -2.54. The molecule has 34 heavy (non-hydrogen) atoms. The number of imide groups is 1. The lowest BCUT2D eigenvalue weighted by Gasteiger charge is -2.43. The number of nitrogens with one attached hydrogen (secondary N) is 3. The van der Waals surface area contributed by atoms with Crippen molar-refractivity contribution < 1.29 is 19.2 Å². The zero-order chi connectivity index (χ0) is 24.5. The van der Waals surface area contributed by atoms with Crippen molar-refractivity contribution in [2.45, 2.75) is 45.6 Å². The topological polar surface area (TPSA) is 120 Å². The Morgan fingerprint density at radius 1 is 1.12 bits per heavy atom. The third-order valence-electron chi connectivity index (χ3n) is 6.25. The third-order valence-corrected chi connectivity index (χ3v) is 6.25. The summed E-state index contributed by atoms with van der Waals surface area (Å²) in [5.41, 5.74) is 0.293. The van der Waals surface area contributed by atoms with Crippen LogP contribution in [-0.2, 0) is 9.59 Å². The molecule has 2 atom stereocenters. The summed E-state index contributed by atoms with van der Waals surface area (Å²) >= 11 is 0. The minimum Gasteiger partial charge on any atom is -0.324 e. The molecule has 2 fully saturated rings. The largest absolute Gasteiger partial charge is 0.325 e. The molecule has 2 heterocycles. The molecule has 0 radical (unpaired) electrons. The van der Waals surface area contributed by atoms with Crippen LogP contribution in [0.25, 0.3) is 0 Å². The van der Waals surface area contributed by atoms with Crippen molar-refractivity contribution in [3.05, 3.63) is 54.4 Å². The maximum atomic E-state index is 13.2. The molecule has 9 nitrogen and oxygen atoms in total. The van der Waals surface area contributed by atoms with E-state index < -0.39 is 17.5 Å². The van der Waals surface area contributed by atoms with Crippen LogP contribution < -0.4 is 16.0 Å². The highest BCUT2D eigenvalue weighted by Crippen LogP contribution is 2.46. The molecule has 1 saturated carbocycles. The molecule has 1 saturated heterocycles. The van der Waals surface area contributed by atoms with Gasteiger partial charge in [-0.3, -0.25) is 24.3 Å². The first kappa shape index (κ1) is 23.4. The summed E-state index contributed by atoms with van der Waals surface area (Å²) in [4.78, 5) is 55.8. The summed E-state index contributed by atoms with van der Waals surface area (Å²) in [7, 11) is 0. The van der Waals surface area contributed by atoms with Gasteiger partial charge in [0.25, 0.3) is 11.8 Å². The summed E-state index contributed by atoms with van der Waals surface area (Å²) < 4.78 is 0. The van der Waals surface area contributed by atoms with E-state index in [1.54, 1.807) is 42.6 Å². The number of benzene rings is 1. The Balaban J connectivity index is 1.40. The normalized spacial score (nSPS) is 23.5. The van der Waals surface area contributed by atoms with E-state index in [2.05, 4.69) is 41.7 Å². The molecular weight excluding hydrogens is 434 g/mol. The molecule has 2 aromatic rings. The molecule has 1 spiro atoms. The number of amides is 5. The molecule has 1 aromatic carbocycles. The first-order valence-electron chi connectivity index (χ1n) is 11.3. The molecule has 3 N–H and O–H groups in total. The third kappa shape index (κ3) is 4.93. The summed E-state index contributed by atoms with van der Waals surface area (Å²) in [6.45, 7) is 5.89. The average Bonchev–Trinajstić information content (AvgIpc) is 2.96. The van der Waals surface area contributed by atoms with Gasteiger partial charge in [0.15, 0.2) is 0 Å². The zero-order valence-corrected chi connectivity index (χ0v) is 19.6. The van der Waals surface area contributed by atoms with E-state index in [0.29, 0.717) is 29.8 Å². The van der Waals surface area contributed by atoms with Gasteiger partial charge in [-0.25, -0.2) is 4.79 Å². The molecule has 1 aliphatic carbocycles. The van der Waals surface area contributed by atoms with Crippen LogP contribution in [-0.4, -0.2) is 45.7 Å². The van der Waals surface area contributed by atoms with Crippen molar-refractivity contribution in [1.29, 1.82) is 0 Å². The average molecular weight is 464 g/mol. The number of aromatic nitrogens is 1. The van der Waals surface area contributed by atoms with Gasteiger partial charge >= 0.3 is 6.03 Å². The predicted molar refractivity (Wildman–Crippen MR) is 127 cm³/mol. The van der Waals surface area contributed by atoms with Gasteiger partial charge in [-0.15, -0.1) is 0 Å². The Kier molecular flexibility index (Phi) is 6.12. The van der Waals surface area contributed by atoms with E-state index in [4.69, 9.17) is 0 Å². The monoisotopic (exact) mass is 463 g/mol. The predicted octanol–water partition coefficient (Wildman–Crippen LogP) is 3.41. The minimum absolute atomic E-state index is 0.0838. The maximum Gasteiger partial charge on any atom is 0.325 e. The van der Waals surface area contributed by atoms with E-state index >= 15 is 0 Å². The summed E-state index contributed by atoms with van der Waals surface area (Å²) in [5.74, 6) is -0.888. The highest BCUT2D eigenvalue weighted by atomic mass is 16.2. The number of hydrogen-bond acceptors (Lipinski definition) is 5. The lowest BCUT2D eigenvalue weighted by atomic mass is 9.64. The van der Waals surface area contributed by atoms with Crippen LogP contribution in [0.3, 0.4) is 0 Å². The van der Waals surface area contributed by atoms with Gasteiger partial charge in [0.05, 0.1) is 5.56 Å². The van der Waals surface area contributed by atoms with Crippen molar-refractivity contribution in [3.8, 4) is 0 Å². The van der Waals surface area contributed by atoms with Gasteiger partial charge in [0, 0.05) is 23.8 Å². The van der Waals surface area contributed by atoms with Gasteiger partial charge in [-0.1, -0.05) is 26.8 Å². The van der Waals surface area contributed by atoms with Crippen molar-refractivity contribution in [1.82, 2.24) is 15.2 Å². The number of rotatable bonds is 5. The fourth-order valence-electron chi connectivity index (χ4n) is 5.37. The molecule has 2 aliphatic rings. The van der Waals surface area contributed by atoms with Crippen LogP contribution in [0.5, 0.6) is 0 Å². The molecule has 1 aromatic heterocycles. The Morgan fingerprint density at radius 3 is 2.53 bits per heavy atom. The number of carbonyl (C=O) groups is 4. The number of pyridine rings is 1. The highest BCUT2D eigenvalue weighted by molar-refractivity contribution is 6.10. The van der Waals surface area contributed by atoms with Crippen LogP contribution >= 0.6 is 0 Å². The van der Waals surface area contributed by atoms with Crippen molar-refractivity contribution in [2.75, 3.05) is 17.2 Å². The Labute approximate surface area is 198 Å². The van der Waals surface area contributed by atoms with Gasteiger partial charge in [-0.2, -0.15) is 0 Å². The Hall–Kier alpha value is -3.75. The first-order valence-corrected chi connectivity index (χ1v) is 11.3. The molecule has 9 heteroatoms. The number of urea groups is 1. The maximum absolute atomic E-state index is 13.2. The summed E-state index contributed by atoms with van der Waals surface area (Å²) in [6.07, 6.45) is 5.13. The smallest absolute Gasteiger partial charge is 0.324 e. The van der Waals surface area contributed by atoms with E-state index in [1.165, 1.54) is 6.20 Å². The van der Waals surface area contributed by atoms with Crippen molar-refractivity contribution in [3.63, 3.8) is 0 Å². The standard InChI is InChI=1S/C25H29N5O4/c1-16-11-24(2,3)15-25(12-16)22(33)30(23(34)29-25)14-20(31)27-18-7-4-8-19(10-18)28-21(32)17-6-5-9-26-13-17/h4-10,13,16H,11-12,14-15H2,1-3H3,(H,27,31)(H,28,32)(H,29,34). The molecule has 178 valence electrons. The zero-order valence-electron chi connectivity index (χ0n) is 19.6. The van der Waals surface area contributed by atoms with E-state index in [0.717, 1.165) is 11.3 Å². The Morgan fingerprint density at radius 2 is 1.85 bits per heavy atom. The second-order valence-electron chi connectivity index (χ2n) is 10.1. The first-order chi connectivity index (χ1) is 16.1. The summed E-state index contributed by atoms with van der Waals surface area (Å²) in [5, 5.41) is 8.33. The number of hydrogen-bond donors (Lipinski definition) is 3. The quantitative estimate of drug-likeness (QED) is 0.587. The number of carbonyl (C=O) groups excluding carboxylic acids is 4. The number of nitrogens with zero attached hydrogens (tertiary/aromatic N) is 2. The lowest BCUT2D eigenvalue weighted by molar-refractivity contribution is -0.136. The van der Waals surface area contributed by atoms with Crippen molar-refractivity contribution >= 4 is 35.1 Å². The van der Waals surface area contributed by atoms with Crippen molar-refractivity contribution in [2.24, 2.45) is 11.3 Å². The highest BCUT2D eigenvalue weighted by Gasteiger charge is 2.56. The minimum atomic E-state index is -0.949. The van der Waals surface area contributed by atoms with Gasteiger partial charge in [0.2, 0.25) is 5.91 Å². The summed E-state index contributed by atoms with van der Waals surface area (Å²) in [6, 6.07) is 9.41. The molecule has 5 amide bonds. The van der Waals surface area contributed by atoms with Crippen LogP contribution in [0, 0.1) is 11.3 Å². The second-order valence-corrected chi connectivity index (χ2v) is 10.1. The molecule has 2 unspecified atom stereocenters. The van der Waals surface area contributed by atoms with Crippen LogP contribution in [0.1, 0.15) is 50.4 Å².